The maximum atomic E-state index is 12.1. The monoisotopic (exact) mass is 331 g/mol. The largest absolute Gasteiger partial charge is 0.482 e. The Balaban J connectivity index is 1.94. The molecule has 120 valence electrons. The lowest BCUT2D eigenvalue weighted by Crippen LogP contribution is -2.39. The molecule has 6 nitrogen and oxygen atoms in total. The summed E-state index contributed by atoms with van der Waals surface area (Å²) < 4.78 is 5.49. The van der Waals surface area contributed by atoms with Crippen LogP contribution < -0.4 is 15.0 Å². The molecule has 0 radical (unpaired) electrons. The molecule has 23 heavy (non-hydrogen) atoms. The zero-order valence-electron chi connectivity index (χ0n) is 13.0. The summed E-state index contributed by atoms with van der Waals surface area (Å²) >= 11 is 1.37. The molecule has 1 aromatic heterocycles. The fourth-order valence-electron chi connectivity index (χ4n) is 2.44. The molecule has 1 aliphatic rings. The summed E-state index contributed by atoms with van der Waals surface area (Å²) in [4.78, 5) is 29.3. The number of hydrogen-bond donors (Lipinski definition) is 1. The maximum absolute atomic E-state index is 12.1. The molecule has 1 aliphatic heterocycles. The second kappa shape index (κ2) is 6.37. The quantitative estimate of drug-likeness (QED) is 0.935. The van der Waals surface area contributed by atoms with Crippen LogP contribution >= 0.6 is 11.3 Å². The van der Waals surface area contributed by atoms with Crippen LogP contribution in [-0.2, 0) is 9.59 Å². The Hall–Kier alpha value is -2.41. The lowest BCUT2D eigenvalue weighted by atomic mass is 10.1. The van der Waals surface area contributed by atoms with Gasteiger partial charge in [-0.25, -0.2) is 4.98 Å². The number of benzene rings is 1. The summed E-state index contributed by atoms with van der Waals surface area (Å²) in [6.07, 6.45) is 0.874. The van der Waals surface area contributed by atoms with E-state index >= 15 is 0 Å². The Kier molecular flexibility index (Phi) is 4.29. The van der Waals surface area contributed by atoms with Crippen molar-refractivity contribution in [2.75, 3.05) is 23.4 Å². The Bertz CT molecular complexity index is 757. The Labute approximate surface area is 138 Å². The zero-order valence-corrected chi connectivity index (χ0v) is 13.8. The number of ether oxygens (including phenoxy) is 1. The van der Waals surface area contributed by atoms with E-state index in [-0.39, 0.29) is 18.4 Å². The highest BCUT2D eigenvalue weighted by atomic mass is 32.1. The topological polar surface area (TPSA) is 71.5 Å². The van der Waals surface area contributed by atoms with Gasteiger partial charge in [0.1, 0.15) is 5.75 Å². The van der Waals surface area contributed by atoms with Crippen LogP contribution in [0.3, 0.4) is 0 Å². The average molecular weight is 331 g/mol. The van der Waals surface area contributed by atoms with E-state index in [1.807, 2.05) is 30.5 Å². The molecule has 0 saturated heterocycles. The van der Waals surface area contributed by atoms with Gasteiger partial charge in [-0.1, -0.05) is 6.92 Å². The molecule has 2 aromatic rings. The van der Waals surface area contributed by atoms with E-state index in [2.05, 4.69) is 10.3 Å². The van der Waals surface area contributed by atoms with Gasteiger partial charge < -0.3 is 15.0 Å². The van der Waals surface area contributed by atoms with Crippen LogP contribution in [-0.4, -0.2) is 29.9 Å². The van der Waals surface area contributed by atoms with Crippen LogP contribution in [0.4, 0.5) is 10.8 Å². The number of nitrogens with zero attached hydrogens (tertiary/aromatic N) is 2. The molecule has 0 unspecified atom stereocenters. The summed E-state index contributed by atoms with van der Waals surface area (Å²) in [6.45, 7) is 4.22. The molecular weight excluding hydrogens is 314 g/mol. The van der Waals surface area contributed by atoms with Crippen LogP contribution in [0, 0.1) is 0 Å². The number of thiazole rings is 1. The normalized spacial score (nSPS) is 13.5. The highest BCUT2D eigenvalue weighted by molar-refractivity contribution is 7.14. The van der Waals surface area contributed by atoms with E-state index < -0.39 is 0 Å². The van der Waals surface area contributed by atoms with Gasteiger partial charge in [-0.05, 0) is 24.6 Å². The summed E-state index contributed by atoms with van der Waals surface area (Å²) in [5, 5.41) is 5.11. The summed E-state index contributed by atoms with van der Waals surface area (Å²) in [5.74, 6) is 0.525. The molecule has 3 rings (SSSR count). The maximum Gasteiger partial charge on any atom is 0.265 e. The summed E-state index contributed by atoms with van der Waals surface area (Å²) in [5.41, 5.74) is 2.42. The Morgan fingerprint density at radius 1 is 1.48 bits per heavy atom. The summed E-state index contributed by atoms with van der Waals surface area (Å²) in [7, 11) is 0. The molecular formula is C16H17N3O3S. The van der Waals surface area contributed by atoms with Crippen LogP contribution in [0.15, 0.2) is 23.6 Å². The van der Waals surface area contributed by atoms with Gasteiger partial charge in [-0.2, -0.15) is 0 Å². The first-order valence-corrected chi connectivity index (χ1v) is 8.27. The number of carbonyl (C=O) groups excluding carboxylic acids is 2. The van der Waals surface area contributed by atoms with E-state index in [1.165, 1.54) is 18.3 Å². The molecule has 0 fully saturated rings. The van der Waals surface area contributed by atoms with Gasteiger partial charge in [-0.15, -0.1) is 11.3 Å². The van der Waals surface area contributed by atoms with E-state index in [0.29, 0.717) is 17.4 Å². The van der Waals surface area contributed by atoms with Crippen molar-refractivity contribution >= 4 is 34.0 Å². The number of amides is 2. The molecule has 0 atom stereocenters. The Morgan fingerprint density at radius 2 is 2.30 bits per heavy atom. The van der Waals surface area contributed by atoms with Crippen LogP contribution in [0.2, 0.25) is 0 Å². The predicted molar refractivity (Wildman–Crippen MR) is 90.0 cm³/mol. The van der Waals surface area contributed by atoms with Crippen molar-refractivity contribution in [1.82, 2.24) is 4.98 Å². The van der Waals surface area contributed by atoms with E-state index in [4.69, 9.17) is 4.74 Å². The van der Waals surface area contributed by atoms with Gasteiger partial charge in [0.25, 0.3) is 5.91 Å². The van der Waals surface area contributed by atoms with Crippen molar-refractivity contribution < 1.29 is 14.3 Å². The molecule has 0 bridgehead atoms. The Morgan fingerprint density at radius 3 is 3.04 bits per heavy atom. The molecule has 1 N–H and O–H groups in total. The van der Waals surface area contributed by atoms with Crippen molar-refractivity contribution in [3.8, 4) is 17.0 Å². The highest BCUT2D eigenvalue weighted by Crippen LogP contribution is 2.36. The van der Waals surface area contributed by atoms with E-state index in [1.54, 1.807) is 4.90 Å². The van der Waals surface area contributed by atoms with Gasteiger partial charge in [-0.3, -0.25) is 9.59 Å². The number of nitrogens with one attached hydrogen (secondary N) is 1. The van der Waals surface area contributed by atoms with Crippen LogP contribution in [0.25, 0.3) is 11.3 Å². The first-order chi connectivity index (χ1) is 11.1. The highest BCUT2D eigenvalue weighted by Gasteiger charge is 2.25. The van der Waals surface area contributed by atoms with Gasteiger partial charge in [0.2, 0.25) is 5.91 Å². The number of anilines is 2. The molecule has 1 aromatic carbocycles. The minimum absolute atomic E-state index is 0.0336. The summed E-state index contributed by atoms with van der Waals surface area (Å²) in [6, 6.07) is 5.68. The SMILES string of the molecule is CCCN1C(=O)COc2ccc(-c3csc(NC(C)=O)n3)cc21. The average Bonchev–Trinajstić information content (AvgIpc) is 2.97. The van der Waals surface area contributed by atoms with Gasteiger partial charge in [0, 0.05) is 24.4 Å². The minimum Gasteiger partial charge on any atom is -0.482 e. The molecule has 0 saturated carbocycles. The van der Waals surface area contributed by atoms with Crippen molar-refractivity contribution in [1.29, 1.82) is 0 Å². The molecule has 0 aliphatic carbocycles. The lowest BCUT2D eigenvalue weighted by Gasteiger charge is -2.29. The second-order valence-corrected chi connectivity index (χ2v) is 6.09. The van der Waals surface area contributed by atoms with E-state index in [0.717, 1.165) is 23.4 Å². The number of rotatable bonds is 4. The number of fused-ring (bicyclic) bond motifs is 1. The van der Waals surface area contributed by atoms with Gasteiger partial charge >= 0.3 is 0 Å². The standard InChI is InChI=1S/C16H17N3O3S/c1-3-6-19-13-7-11(4-5-14(13)22-8-15(19)21)12-9-23-16(18-12)17-10(2)20/h4-5,7,9H,3,6,8H2,1-2H3,(H,17,18,20). The van der Waals surface area contributed by atoms with Crippen molar-refractivity contribution in [3.05, 3.63) is 23.6 Å². The third-order valence-electron chi connectivity index (χ3n) is 3.43. The van der Waals surface area contributed by atoms with Crippen molar-refractivity contribution in [2.24, 2.45) is 0 Å². The van der Waals surface area contributed by atoms with Crippen molar-refractivity contribution in [2.45, 2.75) is 20.3 Å². The fraction of sp³-hybridized carbons (Fsp3) is 0.312. The molecule has 2 heterocycles. The number of carbonyl (C=O) groups is 2. The van der Waals surface area contributed by atoms with Crippen LogP contribution in [0.5, 0.6) is 5.75 Å². The first kappa shape index (κ1) is 15.5. The lowest BCUT2D eigenvalue weighted by molar-refractivity contribution is -0.121. The van der Waals surface area contributed by atoms with Gasteiger partial charge in [0.15, 0.2) is 11.7 Å². The van der Waals surface area contributed by atoms with Crippen LogP contribution in [0.1, 0.15) is 20.3 Å². The minimum atomic E-state index is -0.149. The smallest absolute Gasteiger partial charge is 0.265 e. The third-order valence-corrected chi connectivity index (χ3v) is 4.19. The number of hydrogen-bond acceptors (Lipinski definition) is 5. The van der Waals surface area contributed by atoms with E-state index in [9.17, 15) is 9.59 Å². The second-order valence-electron chi connectivity index (χ2n) is 5.24. The molecule has 7 heteroatoms. The zero-order chi connectivity index (χ0) is 16.4. The number of aromatic nitrogens is 1. The third kappa shape index (κ3) is 3.19. The van der Waals surface area contributed by atoms with Crippen molar-refractivity contribution in [3.63, 3.8) is 0 Å². The first-order valence-electron chi connectivity index (χ1n) is 7.39. The van der Waals surface area contributed by atoms with Gasteiger partial charge in [0.05, 0.1) is 11.4 Å². The predicted octanol–water partition coefficient (Wildman–Crippen LogP) is 2.90. The molecule has 0 spiro atoms. The molecule has 2 amide bonds. The fourth-order valence-corrected chi connectivity index (χ4v) is 3.21.